The largest absolute Gasteiger partial charge is 0.515 e. The summed E-state index contributed by atoms with van der Waals surface area (Å²) < 4.78 is 12.6. The van der Waals surface area contributed by atoms with Crippen LogP contribution in [0.5, 0.6) is 0 Å². The predicted octanol–water partition coefficient (Wildman–Crippen LogP) is 2.20. The summed E-state index contributed by atoms with van der Waals surface area (Å²) in [5, 5.41) is 1.95. The molecule has 1 saturated heterocycles. The zero-order valence-electron chi connectivity index (χ0n) is 9.20. The fourth-order valence-electron chi connectivity index (χ4n) is 1.34. The molecule has 3 nitrogen and oxygen atoms in total. The summed E-state index contributed by atoms with van der Waals surface area (Å²) in [6.07, 6.45) is 0. The van der Waals surface area contributed by atoms with Gasteiger partial charge in [-0.1, -0.05) is 0 Å². The van der Waals surface area contributed by atoms with Crippen LogP contribution in [-0.4, -0.2) is 23.3 Å². The van der Waals surface area contributed by atoms with Crippen molar-refractivity contribution in [2.75, 3.05) is 0 Å². The fourth-order valence-corrected chi connectivity index (χ4v) is 2.36. The summed E-state index contributed by atoms with van der Waals surface area (Å²) >= 11 is 4.87. The molecule has 0 amide bonds. The maximum atomic E-state index is 5.86. The van der Waals surface area contributed by atoms with Gasteiger partial charge in [-0.05, 0) is 43.6 Å². The first-order valence-electron chi connectivity index (χ1n) is 4.78. The quantitative estimate of drug-likeness (QED) is 0.743. The summed E-state index contributed by atoms with van der Waals surface area (Å²) in [5.41, 5.74) is 0.243. The van der Waals surface area contributed by atoms with Crippen LogP contribution >= 0.6 is 27.3 Å². The third-order valence-corrected chi connectivity index (χ3v) is 4.37. The van der Waals surface area contributed by atoms with Crippen molar-refractivity contribution in [3.8, 4) is 0 Å². The molecule has 1 aliphatic rings. The number of aromatic nitrogens is 1. The second-order valence-electron chi connectivity index (χ2n) is 4.61. The molecule has 82 valence electrons. The van der Waals surface area contributed by atoms with Crippen LogP contribution in [-0.2, 0) is 9.31 Å². The van der Waals surface area contributed by atoms with Crippen molar-refractivity contribution in [2.45, 2.75) is 38.9 Å². The first kappa shape index (κ1) is 11.6. The highest BCUT2D eigenvalue weighted by Crippen LogP contribution is 2.36. The van der Waals surface area contributed by atoms with Gasteiger partial charge in [-0.25, -0.2) is 4.98 Å². The van der Waals surface area contributed by atoms with Crippen LogP contribution in [0, 0.1) is 0 Å². The Kier molecular flexibility index (Phi) is 2.74. The number of rotatable bonds is 1. The van der Waals surface area contributed by atoms with Crippen LogP contribution in [0.1, 0.15) is 27.7 Å². The average Bonchev–Trinajstić information content (AvgIpc) is 2.56. The van der Waals surface area contributed by atoms with E-state index in [4.69, 9.17) is 9.31 Å². The zero-order chi connectivity index (χ0) is 11.3. The minimum absolute atomic E-state index is 0.298. The maximum absolute atomic E-state index is 5.86. The summed E-state index contributed by atoms with van der Waals surface area (Å²) in [5.74, 6) is 0. The number of nitrogens with zero attached hydrogens (tertiary/aromatic N) is 1. The summed E-state index contributed by atoms with van der Waals surface area (Å²) in [6.45, 7) is 8.14. The van der Waals surface area contributed by atoms with E-state index in [2.05, 4.69) is 20.9 Å². The highest BCUT2D eigenvalue weighted by Gasteiger charge is 2.52. The molecule has 1 aliphatic heterocycles. The molecule has 1 aromatic heterocycles. The van der Waals surface area contributed by atoms with E-state index in [1.807, 2.05) is 33.1 Å². The van der Waals surface area contributed by atoms with E-state index < -0.39 is 0 Å². The lowest BCUT2D eigenvalue weighted by Gasteiger charge is -2.32. The van der Waals surface area contributed by atoms with Crippen molar-refractivity contribution in [1.82, 2.24) is 4.98 Å². The molecule has 0 radical (unpaired) electrons. The summed E-state index contributed by atoms with van der Waals surface area (Å²) in [6, 6.07) is 0. The molecule has 15 heavy (non-hydrogen) atoms. The lowest BCUT2D eigenvalue weighted by molar-refractivity contribution is 0.00578. The van der Waals surface area contributed by atoms with Crippen LogP contribution in [0.25, 0.3) is 0 Å². The van der Waals surface area contributed by atoms with Gasteiger partial charge in [0.25, 0.3) is 0 Å². The molecule has 6 heteroatoms. The van der Waals surface area contributed by atoms with Crippen LogP contribution < -0.4 is 5.59 Å². The Morgan fingerprint density at radius 3 is 2.20 bits per heavy atom. The molecule has 0 atom stereocenters. The minimum Gasteiger partial charge on any atom is -0.398 e. The molecule has 0 N–H and O–H groups in total. The van der Waals surface area contributed by atoms with Crippen molar-refractivity contribution in [2.24, 2.45) is 0 Å². The van der Waals surface area contributed by atoms with Gasteiger partial charge in [0.2, 0.25) is 0 Å². The molecular weight excluding hydrogens is 277 g/mol. The summed E-state index contributed by atoms with van der Waals surface area (Å²) in [7, 11) is -0.349. The van der Waals surface area contributed by atoms with E-state index in [1.165, 1.54) is 11.3 Å². The van der Waals surface area contributed by atoms with Crippen LogP contribution in [0.2, 0.25) is 0 Å². The van der Waals surface area contributed by atoms with Crippen LogP contribution in [0.4, 0.5) is 0 Å². The minimum atomic E-state index is -0.349. The van der Waals surface area contributed by atoms with Gasteiger partial charge in [0, 0.05) is 5.38 Å². The molecule has 0 bridgehead atoms. The van der Waals surface area contributed by atoms with Crippen LogP contribution in [0.3, 0.4) is 0 Å². The van der Waals surface area contributed by atoms with E-state index in [0.29, 0.717) is 0 Å². The third-order valence-electron chi connectivity index (χ3n) is 2.99. The molecule has 2 heterocycles. The third kappa shape index (κ3) is 2.00. The van der Waals surface area contributed by atoms with E-state index >= 15 is 0 Å². The standard InChI is InChI=1S/C9H13BBrNO2S/c1-8(2)9(3,4)14-10(13-8)6-5-15-7(11)12-6/h5H,1-4H3. The number of hydrogen-bond acceptors (Lipinski definition) is 4. The van der Waals surface area contributed by atoms with Crippen molar-refractivity contribution >= 4 is 40.0 Å². The van der Waals surface area contributed by atoms with E-state index in [0.717, 1.165) is 9.51 Å². The van der Waals surface area contributed by atoms with Crippen molar-refractivity contribution in [3.63, 3.8) is 0 Å². The molecule has 2 rings (SSSR count). The first-order chi connectivity index (χ1) is 6.82. The molecule has 0 saturated carbocycles. The van der Waals surface area contributed by atoms with Crippen molar-refractivity contribution < 1.29 is 9.31 Å². The number of halogens is 1. The average molecular weight is 290 g/mol. The van der Waals surface area contributed by atoms with Gasteiger partial charge < -0.3 is 9.31 Å². The maximum Gasteiger partial charge on any atom is 0.515 e. The monoisotopic (exact) mass is 289 g/mol. The Bertz CT molecular complexity index is 364. The van der Waals surface area contributed by atoms with E-state index in [-0.39, 0.29) is 18.3 Å². The Morgan fingerprint density at radius 2 is 1.80 bits per heavy atom. The second-order valence-corrected chi connectivity index (χ2v) is 6.75. The molecule has 1 fully saturated rings. The van der Waals surface area contributed by atoms with Gasteiger partial charge in [-0.3, -0.25) is 0 Å². The Morgan fingerprint density at radius 1 is 1.27 bits per heavy atom. The molecule has 0 spiro atoms. The molecule has 0 unspecified atom stereocenters. The molecule has 0 aromatic carbocycles. The second kappa shape index (κ2) is 3.55. The normalized spacial score (nSPS) is 23.4. The van der Waals surface area contributed by atoms with Crippen molar-refractivity contribution in [1.29, 1.82) is 0 Å². The first-order valence-corrected chi connectivity index (χ1v) is 6.46. The fraction of sp³-hybridized carbons (Fsp3) is 0.667. The van der Waals surface area contributed by atoms with E-state index in [9.17, 15) is 0 Å². The van der Waals surface area contributed by atoms with Crippen molar-refractivity contribution in [3.05, 3.63) is 9.30 Å². The van der Waals surface area contributed by atoms with Gasteiger partial charge in [-0.2, -0.15) is 0 Å². The van der Waals surface area contributed by atoms with Gasteiger partial charge in [-0.15, -0.1) is 11.3 Å². The lowest BCUT2D eigenvalue weighted by Crippen LogP contribution is -2.41. The van der Waals surface area contributed by atoms with Gasteiger partial charge >= 0.3 is 7.12 Å². The predicted molar refractivity (Wildman–Crippen MR) is 65.5 cm³/mol. The molecule has 0 aliphatic carbocycles. The highest BCUT2D eigenvalue weighted by atomic mass is 79.9. The Balaban J connectivity index is 2.23. The number of thiazole rings is 1. The topological polar surface area (TPSA) is 31.4 Å². The zero-order valence-corrected chi connectivity index (χ0v) is 11.6. The van der Waals surface area contributed by atoms with Gasteiger partial charge in [0.05, 0.1) is 16.8 Å². The lowest BCUT2D eigenvalue weighted by atomic mass is 9.86. The van der Waals surface area contributed by atoms with Crippen LogP contribution in [0.15, 0.2) is 9.30 Å². The number of hydrogen-bond donors (Lipinski definition) is 0. The molecular formula is C9H13BBrNO2S. The Hall–Kier alpha value is 0.0949. The van der Waals surface area contributed by atoms with E-state index in [1.54, 1.807) is 0 Å². The van der Waals surface area contributed by atoms with Gasteiger partial charge in [0.15, 0.2) is 3.92 Å². The Labute approximate surface area is 102 Å². The summed E-state index contributed by atoms with van der Waals surface area (Å²) in [4.78, 5) is 4.31. The highest BCUT2D eigenvalue weighted by molar-refractivity contribution is 9.11. The molecule has 1 aromatic rings. The SMILES string of the molecule is CC1(C)OB(c2csc(Br)n2)OC1(C)C. The van der Waals surface area contributed by atoms with Gasteiger partial charge in [0.1, 0.15) is 0 Å². The smallest absolute Gasteiger partial charge is 0.398 e.